The predicted molar refractivity (Wildman–Crippen MR) is 93.5 cm³/mol. The van der Waals surface area contributed by atoms with Crippen LogP contribution in [0.5, 0.6) is 0 Å². The zero-order valence-corrected chi connectivity index (χ0v) is 14.0. The quantitative estimate of drug-likeness (QED) is 0.746. The van der Waals surface area contributed by atoms with Crippen LogP contribution in [0.1, 0.15) is 11.1 Å². The lowest BCUT2D eigenvalue weighted by atomic mass is 9.93. The fourth-order valence-corrected chi connectivity index (χ4v) is 2.61. The van der Waals surface area contributed by atoms with Crippen molar-refractivity contribution in [1.29, 1.82) is 0 Å². The highest BCUT2D eigenvalue weighted by Crippen LogP contribution is 2.26. The van der Waals surface area contributed by atoms with Gasteiger partial charge in [0.25, 0.3) is 0 Å². The summed E-state index contributed by atoms with van der Waals surface area (Å²) in [4.78, 5) is 8.06. The summed E-state index contributed by atoms with van der Waals surface area (Å²) < 4.78 is 2.88. The smallest absolute Gasteiger partial charge is 0.126 e. The molecule has 23 heavy (non-hydrogen) atoms. The molecule has 1 N–H and O–H groups in total. The summed E-state index contributed by atoms with van der Waals surface area (Å²) in [6.07, 6.45) is 12.3. The highest BCUT2D eigenvalue weighted by atomic mass is 79.9. The molecule has 0 amide bonds. The normalized spacial score (nSPS) is 14.0. The molecular formula is C18H16BrN3O. The number of nitrogens with zero attached hydrogens (tertiary/aromatic N) is 3. The van der Waals surface area contributed by atoms with E-state index in [1.807, 2.05) is 59.3 Å². The Morgan fingerprint density at radius 2 is 1.78 bits per heavy atom. The minimum atomic E-state index is -1.14. The summed E-state index contributed by atoms with van der Waals surface area (Å²) >= 11 is 3.42. The molecule has 1 aromatic carbocycles. The molecule has 0 radical (unpaired) electrons. The molecular weight excluding hydrogens is 354 g/mol. The van der Waals surface area contributed by atoms with Crippen LogP contribution in [0.25, 0.3) is 6.08 Å². The van der Waals surface area contributed by atoms with Crippen molar-refractivity contribution in [2.24, 2.45) is 0 Å². The largest absolute Gasteiger partial charge is 0.379 e. The fourth-order valence-electron chi connectivity index (χ4n) is 2.35. The average molecular weight is 370 g/mol. The summed E-state index contributed by atoms with van der Waals surface area (Å²) in [7, 11) is 0. The first-order valence-corrected chi connectivity index (χ1v) is 7.98. The maximum absolute atomic E-state index is 11.2. The Bertz CT molecular complexity index is 770. The molecule has 1 atom stereocenters. The van der Waals surface area contributed by atoms with Crippen molar-refractivity contribution < 1.29 is 5.11 Å². The first kappa shape index (κ1) is 15.6. The summed E-state index contributed by atoms with van der Waals surface area (Å²) in [5.74, 6) is 0. The van der Waals surface area contributed by atoms with Gasteiger partial charge in [-0.3, -0.25) is 4.98 Å². The van der Waals surface area contributed by atoms with E-state index in [0.717, 1.165) is 15.6 Å². The van der Waals surface area contributed by atoms with Crippen molar-refractivity contribution >= 4 is 22.0 Å². The standard InChI is InChI=1S/C18H16BrN3O/c19-17-3-1-15(2-4-17)5-8-18(23,13-22-12-11-21-14-22)16-6-9-20-10-7-16/h1-12,14,23H,13H2/b8-5+. The molecule has 0 spiro atoms. The van der Waals surface area contributed by atoms with Crippen molar-refractivity contribution in [1.82, 2.24) is 14.5 Å². The molecule has 0 saturated carbocycles. The van der Waals surface area contributed by atoms with Crippen LogP contribution in [0.4, 0.5) is 0 Å². The molecule has 0 aliphatic carbocycles. The third kappa shape index (κ3) is 3.94. The molecule has 4 nitrogen and oxygen atoms in total. The van der Waals surface area contributed by atoms with Crippen LogP contribution in [-0.4, -0.2) is 19.6 Å². The summed E-state index contributed by atoms with van der Waals surface area (Å²) in [6.45, 7) is 0.379. The van der Waals surface area contributed by atoms with Crippen LogP contribution in [-0.2, 0) is 12.1 Å². The summed E-state index contributed by atoms with van der Waals surface area (Å²) in [5.41, 5.74) is 0.664. The second kappa shape index (κ2) is 6.89. The molecule has 2 heterocycles. The molecule has 5 heteroatoms. The lowest BCUT2D eigenvalue weighted by Crippen LogP contribution is -2.28. The lowest BCUT2D eigenvalue weighted by molar-refractivity contribution is 0.0703. The van der Waals surface area contributed by atoms with Gasteiger partial charge in [-0.2, -0.15) is 0 Å². The van der Waals surface area contributed by atoms with E-state index in [-0.39, 0.29) is 0 Å². The lowest BCUT2D eigenvalue weighted by Gasteiger charge is -2.25. The van der Waals surface area contributed by atoms with Crippen LogP contribution >= 0.6 is 15.9 Å². The predicted octanol–water partition coefficient (Wildman–Crippen LogP) is 3.64. The van der Waals surface area contributed by atoms with Crippen LogP contribution in [0.15, 0.2) is 78.1 Å². The first-order chi connectivity index (χ1) is 11.2. The average Bonchev–Trinajstić information content (AvgIpc) is 3.08. The van der Waals surface area contributed by atoms with Gasteiger partial charge in [0.2, 0.25) is 0 Å². The van der Waals surface area contributed by atoms with Crippen molar-refractivity contribution in [3.63, 3.8) is 0 Å². The van der Waals surface area contributed by atoms with E-state index in [0.29, 0.717) is 6.54 Å². The van der Waals surface area contributed by atoms with Crippen molar-refractivity contribution in [3.8, 4) is 0 Å². The molecule has 0 bridgehead atoms. The molecule has 3 rings (SSSR count). The van der Waals surface area contributed by atoms with Gasteiger partial charge in [-0.05, 0) is 41.5 Å². The van der Waals surface area contributed by atoms with Gasteiger partial charge in [0, 0.05) is 29.3 Å². The highest BCUT2D eigenvalue weighted by Gasteiger charge is 2.26. The number of aromatic nitrogens is 3. The SMILES string of the molecule is OC(/C=C/c1ccc(Br)cc1)(Cn1ccnc1)c1ccncc1. The van der Waals surface area contributed by atoms with E-state index in [2.05, 4.69) is 25.9 Å². The Hall–Kier alpha value is -2.24. The zero-order valence-electron chi connectivity index (χ0n) is 12.4. The Kier molecular flexibility index (Phi) is 4.69. The maximum atomic E-state index is 11.2. The molecule has 0 fully saturated rings. The zero-order chi connectivity index (χ0) is 16.1. The second-order valence-corrected chi connectivity index (χ2v) is 6.20. The second-order valence-electron chi connectivity index (χ2n) is 5.28. The number of aliphatic hydroxyl groups is 1. The van der Waals surface area contributed by atoms with Gasteiger partial charge in [0.15, 0.2) is 0 Å². The minimum Gasteiger partial charge on any atom is -0.379 e. The third-order valence-electron chi connectivity index (χ3n) is 3.58. The van der Waals surface area contributed by atoms with E-state index in [9.17, 15) is 5.11 Å². The molecule has 1 unspecified atom stereocenters. The Morgan fingerprint density at radius 3 is 2.43 bits per heavy atom. The molecule has 0 saturated heterocycles. The van der Waals surface area contributed by atoms with Gasteiger partial charge in [-0.25, -0.2) is 4.98 Å². The molecule has 0 aliphatic rings. The topological polar surface area (TPSA) is 50.9 Å². The van der Waals surface area contributed by atoms with Gasteiger partial charge in [-0.15, -0.1) is 0 Å². The van der Waals surface area contributed by atoms with E-state index in [4.69, 9.17) is 0 Å². The van der Waals surface area contributed by atoms with Crippen LogP contribution in [0.2, 0.25) is 0 Å². The minimum absolute atomic E-state index is 0.379. The summed E-state index contributed by atoms with van der Waals surface area (Å²) in [5, 5.41) is 11.2. The van der Waals surface area contributed by atoms with Gasteiger partial charge < -0.3 is 9.67 Å². The van der Waals surface area contributed by atoms with Crippen molar-refractivity contribution in [3.05, 3.63) is 89.2 Å². The Balaban J connectivity index is 1.93. The number of imidazole rings is 1. The fraction of sp³-hybridized carbons (Fsp3) is 0.111. The van der Waals surface area contributed by atoms with Crippen LogP contribution in [0, 0.1) is 0 Å². The number of rotatable bonds is 5. The first-order valence-electron chi connectivity index (χ1n) is 7.19. The van der Waals surface area contributed by atoms with Crippen LogP contribution in [0.3, 0.4) is 0 Å². The Morgan fingerprint density at radius 1 is 1.04 bits per heavy atom. The van der Waals surface area contributed by atoms with Crippen molar-refractivity contribution in [2.45, 2.75) is 12.1 Å². The number of hydrogen-bond acceptors (Lipinski definition) is 3. The third-order valence-corrected chi connectivity index (χ3v) is 4.11. The van der Waals surface area contributed by atoms with E-state index < -0.39 is 5.60 Å². The molecule has 116 valence electrons. The van der Waals surface area contributed by atoms with Gasteiger partial charge >= 0.3 is 0 Å². The number of benzene rings is 1. The molecule has 3 aromatic rings. The molecule has 2 aromatic heterocycles. The number of pyridine rings is 1. The van der Waals surface area contributed by atoms with Gasteiger partial charge in [0.1, 0.15) is 5.60 Å². The van der Waals surface area contributed by atoms with E-state index >= 15 is 0 Å². The van der Waals surface area contributed by atoms with Gasteiger partial charge in [-0.1, -0.05) is 34.1 Å². The van der Waals surface area contributed by atoms with Crippen LogP contribution < -0.4 is 0 Å². The highest BCUT2D eigenvalue weighted by molar-refractivity contribution is 9.10. The Labute approximate surface area is 143 Å². The van der Waals surface area contributed by atoms with E-state index in [1.165, 1.54) is 0 Å². The summed E-state index contributed by atoms with van der Waals surface area (Å²) in [6, 6.07) is 11.6. The van der Waals surface area contributed by atoms with Crippen molar-refractivity contribution in [2.75, 3.05) is 0 Å². The molecule has 0 aliphatic heterocycles. The monoisotopic (exact) mass is 369 g/mol. The van der Waals surface area contributed by atoms with Gasteiger partial charge in [0.05, 0.1) is 12.9 Å². The number of halogens is 1. The van der Waals surface area contributed by atoms with E-state index in [1.54, 1.807) is 24.9 Å². The number of hydrogen-bond donors (Lipinski definition) is 1. The maximum Gasteiger partial charge on any atom is 0.126 e.